The van der Waals surface area contributed by atoms with Gasteiger partial charge in [-0.2, -0.15) is 0 Å². The van der Waals surface area contributed by atoms with Crippen LogP contribution in [-0.2, 0) is 4.79 Å². The van der Waals surface area contributed by atoms with Crippen LogP contribution in [0.3, 0.4) is 0 Å². The highest BCUT2D eigenvalue weighted by Crippen LogP contribution is 2.19. The summed E-state index contributed by atoms with van der Waals surface area (Å²) in [6.07, 6.45) is 2.70. The molecule has 1 aliphatic heterocycles. The van der Waals surface area contributed by atoms with Gasteiger partial charge in [0.05, 0.1) is 0 Å². The van der Waals surface area contributed by atoms with Crippen molar-refractivity contribution in [2.45, 2.75) is 32.2 Å². The van der Waals surface area contributed by atoms with Gasteiger partial charge in [0, 0.05) is 37.8 Å². The Balaban J connectivity index is 1.77. The number of likely N-dealkylation sites (tertiary alicyclic amines) is 1. The van der Waals surface area contributed by atoms with Gasteiger partial charge in [0.1, 0.15) is 0 Å². The number of hydrogen-bond acceptors (Lipinski definition) is 3. The van der Waals surface area contributed by atoms with E-state index in [-0.39, 0.29) is 5.91 Å². The van der Waals surface area contributed by atoms with Crippen LogP contribution in [0, 0.1) is 6.92 Å². The van der Waals surface area contributed by atoms with E-state index in [9.17, 15) is 4.79 Å². The van der Waals surface area contributed by atoms with Crippen LogP contribution >= 0.6 is 0 Å². The lowest BCUT2D eigenvalue weighted by Crippen LogP contribution is -2.40. The molecule has 104 valence electrons. The maximum atomic E-state index is 10.8. The number of anilines is 1. The van der Waals surface area contributed by atoms with Crippen molar-refractivity contribution in [3.8, 4) is 0 Å². The number of primary amides is 1. The summed E-state index contributed by atoms with van der Waals surface area (Å²) in [4.78, 5) is 13.1. The maximum absolute atomic E-state index is 10.8. The minimum Gasteiger partial charge on any atom is -0.382 e. The molecule has 0 spiro atoms. The van der Waals surface area contributed by atoms with Crippen molar-refractivity contribution in [1.82, 2.24) is 4.90 Å². The molecule has 1 aliphatic rings. The van der Waals surface area contributed by atoms with Gasteiger partial charge in [-0.25, -0.2) is 0 Å². The quantitative estimate of drug-likeness (QED) is 0.849. The Morgan fingerprint density at radius 3 is 2.68 bits per heavy atom. The predicted molar refractivity (Wildman–Crippen MR) is 78.1 cm³/mol. The van der Waals surface area contributed by atoms with E-state index in [2.05, 4.69) is 41.4 Å². The van der Waals surface area contributed by atoms with E-state index in [4.69, 9.17) is 5.73 Å². The first-order valence-electron chi connectivity index (χ1n) is 6.98. The molecule has 0 unspecified atom stereocenters. The predicted octanol–water partition coefficient (Wildman–Crippen LogP) is 1.75. The largest absolute Gasteiger partial charge is 0.382 e. The van der Waals surface area contributed by atoms with E-state index in [1.807, 2.05) is 0 Å². The molecule has 1 saturated heterocycles. The lowest BCUT2D eigenvalue weighted by molar-refractivity contribution is -0.118. The van der Waals surface area contributed by atoms with E-state index in [1.54, 1.807) is 0 Å². The number of hydrogen-bond donors (Lipinski definition) is 2. The fourth-order valence-electron chi connectivity index (χ4n) is 2.52. The molecule has 4 nitrogen and oxygen atoms in total. The molecule has 1 aromatic rings. The summed E-state index contributed by atoms with van der Waals surface area (Å²) < 4.78 is 0. The monoisotopic (exact) mass is 261 g/mol. The fraction of sp³-hybridized carbons (Fsp3) is 0.533. The first-order chi connectivity index (χ1) is 9.15. The van der Waals surface area contributed by atoms with Crippen LogP contribution in [0.25, 0.3) is 0 Å². The highest BCUT2D eigenvalue weighted by molar-refractivity contribution is 5.73. The molecule has 0 aromatic heterocycles. The molecule has 2 rings (SSSR count). The molecule has 1 aromatic carbocycles. The molecule has 1 amide bonds. The summed E-state index contributed by atoms with van der Waals surface area (Å²) in [7, 11) is 0. The highest BCUT2D eigenvalue weighted by Gasteiger charge is 2.19. The Kier molecular flexibility index (Phi) is 4.80. The second-order valence-electron chi connectivity index (χ2n) is 5.29. The first-order valence-corrected chi connectivity index (χ1v) is 6.98. The number of para-hydroxylation sites is 1. The second kappa shape index (κ2) is 6.57. The van der Waals surface area contributed by atoms with Crippen molar-refractivity contribution >= 4 is 11.6 Å². The average Bonchev–Trinajstić information content (AvgIpc) is 2.40. The number of rotatable bonds is 5. The zero-order valence-corrected chi connectivity index (χ0v) is 11.6. The minimum atomic E-state index is -0.208. The Labute approximate surface area is 115 Å². The molecule has 0 radical (unpaired) electrons. The van der Waals surface area contributed by atoms with Crippen molar-refractivity contribution in [3.63, 3.8) is 0 Å². The molecule has 4 heteroatoms. The summed E-state index contributed by atoms with van der Waals surface area (Å²) in [5.41, 5.74) is 7.70. The zero-order valence-electron chi connectivity index (χ0n) is 11.6. The van der Waals surface area contributed by atoms with Crippen LogP contribution in [-0.4, -0.2) is 36.5 Å². The van der Waals surface area contributed by atoms with E-state index in [0.717, 1.165) is 32.5 Å². The van der Waals surface area contributed by atoms with Crippen molar-refractivity contribution in [3.05, 3.63) is 29.8 Å². The number of amides is 1. The Morgan fingerprint density at radius 2 is 2.05 bits per heavy atom. The van der Waals surface area contributed by atoms with Crippen molar-refractivity contribution < 1.29 is 4.79 Å². The van der Waals surface area contributed by atoms with Crippen LogP contribution in [0.4, 0.5) is 5.69 Å². The number of carbonyl (C=O) groups excluding carboxylic acids is 1. The number of nitrogens with two attached hydrogens (primary N) is 1. The number of carbonyl (C=O) groups is 1. The third-order valence-electron chi connectivity index (χ3n) is 3.77. The highest BCUT2D eigenvalue weighted by atomic mass is 16.1. The molecule has 0 atom stereocenters. The lowest BCUT2D eigenvalue weighted by Gasteiger charge is -2.32. The van der Waals surface area contributed by atoms with Gasteiger partial charge in [0.15, 0.2) is 0 Å². The zero-order chi connectivity index (χ0) is 13.7. The smallest absolute Gasteiger partial charge is 0.218 e. The number of benzene rings is 1. The number of aryl methyl sites for hydroxylation is 1. The van der Waals surface area contributed by atoms with Crippen LogP contribution < -0.4 is 11.1 Å². The molecule has 1 heterocycles. The van der Waals surface area contributed by atoms with Gasteiger partial charge < -0.3 is 16.0 Å². The van der Waals surface area contributed by atoms with Gasteiger partial charge in [0.25, 0.3) is 0 Å². The Hall–Kier alpha value is -1.55. The van der Waals surface area contributed by atoms with Crippen LogP contribution in [0.15, 0.2) is 24.3 Å². The molecule has 0 aliphatic carbocycles. The summed E-state index contributed by atoms with van der Waals surface area (Å²) in [5.74, 6) is -0.208. The lowest BCUT2D eigenvalue weighted by atomic mass is 10.0. The van der Waals surface area contributed by atoms with Crippen LogP contribution in [0.1, 0.15) is 24.8 Å². The summed E-state index contributed by atoms with van der Waals surface area (Å²) in [6.45, 7) is 5.00. The van der Waals surface area contributed by atoms with Gasteiger partial charge in [-0.05, 0) is 31.4 Å². The van der Waals surface area contributed by atoms with Gasteiger partial charge in [-0.3, -0.25) is 4.79 Å². The molecular weight excluding hydrogens is 238 g/mol. The third kappa shape index (κ3) is 4.24. The number of piperidine rings is 1. The van der Waals surface area contributed by atoms with E-state index in [0.29, 0.717) is 12.5 Å². The van der Waals surface area contributed by atoms with E-state index >= 15 is 0 Å². The molecule has 0 saturated carbocycles. The molecule has 3 N–H and O–H groups in total. The first kappa shape index (κ1) is 13.9. The Morgan fingerprint density at radius 1 is 1.37 bits per heavy atom. The van der Waals surface area contributed by atoms with Gasteiger partial charge in [-0.15, -0.1) is 0 Å². The SMILES string of the molecule is Cc1ccccc1NC1CCN(CCC(N)=O)CC1. The molecule has 1 fully saturated rings. The Bertz CT molecular complexity index is 425. The average molecular weight is 261 g/mol. The minimum absolute atomic E-state index is 0.208. The normalized spacial score (nSPS) is 17.3. The van der Waals surface area contributed by atoms with Gasteiger partial charge >= 0.3 is 0 Å². The molecule has 0 bridgehead atoms. The molecular formula is C15H23N3O. The summed E-state index contributed by atoms with van der Waals surface area (Å²) in [6, 6.07) is 8.93. The van der Waals surface area contributed by atoms with E-state index in [1.165, 1.54) is 11.3 Å². The maximum Gasteiger partial charge on any atom is 0.218 e. The fourth-order valence-corrected chi connectivity index (χ4v) is 2.52. The summed E-state index contributed by atoms with van der Waals surface area (Å²) >= 11 is 0. The third-order valence-corrected chi connectivity index (χ3v) is 3.77. The van der Waals surface area contributed by atoms with Crippen LogP contribution in [0.5, 0.6) is 0 Å². The topological polar surface area (TPSA) is 58.4 Å². The number of nitrogens with one attached hydrogen (secondary N) is 1. The molecule has 19 heavy (non-hydrogen) atoms. The van der Waals surface area contributed by atoms with Crippen LogP contribution in [0.2, 0.25) is 0 Å². The van der Waals surface area contributed by atoms with Crippen molar-refractivity contribution in [2.75, 3.05) is 25.0 Å². The number of nitrogens with zero attached hydrogens (tertiary/aromatic N) is 1. The van der Waals surface area contributed by atoms with Crippen molar-refractivity contribution in [1.29, 1.82) is 0 Å². The van der Waals surface area contributed by atoms with Crippen molar-refractivity contribution in [2.24, 2.45) is 5.73 Å². The summed E-state index contributed by atoms with van der Waals surface area (Å²) in [5, 5.41) is 3.62. The standard InChI is InChI=1S/C15H23N3O/c1-12-4-2-3-5-14(12)17-13-6-9-18(10-7-13)11-8-15(16)19/h2-5,13,17H,6-11H2,1H3,(H2,16,19). The van der Waals surface area contributed by atoms with Gasteiger partial charge in [0.2, 0.25) is 5.91 Å². The second-order valence-corrected chi connectivity index (χ2v) is 5.29. The van der Waals surface area contributed by atoms with E-state index < -0.39 is 0 Å². The van der Waals surface area contributed by atoms with Gasteiger partial charge in [-0.1, -0.05) is 18.2 Å².